The van der Waals surface area contributed by atoms with Crippen LogP contribution >= 0.6 is 0 Å². The third kappa shape index (κ3) is 5.73. The van der Waals surface area contributed by atoms with Crippen molar-refractivity contribution < 1.29 is 19.5 Å². The van der Waals surface area contributed by atoms with E-state index >= 15 is 0 Å². The van der Waals surface area contributed by atoms with E-state index in [2.05, 4.69) is 0 Å². The quantitative estimate of drug-likeness (QED) is 0.724. The van der Waals surface area contributed by atoms with E-state index in [0.717, 1.165) is 0 Å². The lowest BCUT2D eigenvalue weighted by molar-refractivity contribution is -0.139. The van der Waals surface area contributed by atoms with E-state index < -0.39 is 5.97 Å². The van der Waals surface area contributed by atoms with Gasteiger partial charge in [-0.05, 0) is 26.2 Å². The van der Waals surface area contributed by atoms with E-state index in [1.165, 1.54) is 0 Å². The van der Waals surface area contributed by atoms with Crippen LogP contribution in [-0.2, 0) is 14.4 Å². The summed E-state index contributed by atoms with van der Waals surface area (Å²) in [4.78, 5) is 42.6. The number of nitrogens with zero attached hydrogens (tertiary/aromatic N) is 4. The number of carboxylic acid groups (broad SMARTS) is 1. The molecule has 0 atom stereocenters. The van der Waals surface area contributed by atoms with Crippen molar-refractivity contribution in [3.63, 3.8) is 0 Å². The zero-order valence-electron chi connectivity index (χ0n) is 15.3. The molecule has 1 aliphatic rings. The molecule has 1 aromatic carbocycles. The van der Waals surface area contributed by atoms with Crippen molar-refractivity contribution in [2.75, 3.05) is 64.8 Å². The summed E-state index contributed by atoms with van der Waals surface area (Å²) in [6.07, 6.45) is 0. The average molecular weight is 362 g/mol. The summed E-state index contributed by atoms with van der Waals surface area (Å²) < 4.78 is 0. The molecular formula is C18H26N4O4. The van der Waals surface area contributed by atoms with Crippen molar-refractivity contribution in [3.8, 4) is 0 Å². The Balaban J connectivity index is 1.92. The molecule has 1 aromatic rings. The average Bonchev–Trinajstić information content (AvgIpc) is 2.61. The maximum Gasteiger partial charge on any atom is 0.323 e. The number of anilines is 1. The number of amides is 2. The van der Waals surface area contributed by atoms with E-state index in [4.69, 9.17) is 5.11 Å². The van der Waals surface area contributed by atoms with Crippen molar-refractivity contribution >= 4 is 23.5 Å². The van der Waals surface area contributed by atoms with Crippen LogP contribution in [0.25, 0.3) is 0 Å². The number of aliphatic carboxylic acids is 1. The fraction of sp³-hybridized carbons (Fsp3) is 0.500. The van der Waals surface area contributed by atoms with Gasteiger partial charge in [-0.25, -0.2) is 0 Å². The third-order valence-corrected chi connectivity index (χ3v) is 4.21. The standard InChI is InChI=1S/C18H26N4O4/c1-19(2)12-16(23)20-8-10-21(11-9-20)17(24)13-22(14-18(25)26)15-6-4-3-5-7-15/h3-7H,8-14H2,1-2H3,(H,25,26). The molecule has 2 amide bonds. The monoisotopic (exact) mass is 362 g/mol. The van der Waals surface area contributed by atoms with Crippen LogP contribution in [0.3, 0.4) is 0 Å². The zero-order valence-corrected chi connectivity index (χ0v) is 15.3. The van der Waals surface area contributed by atoms with Gasteiger partial charge in [-0.15, -0.1) is 0 Å². The van der Waals surface area contributed by atoms with E-state index in [9.17, 15) is 14.4 Å². The molecule has 0 aliphatic carbocycles. The highest BCUT2D eigenvalue weighted by atomic mass is 16.4. The number of piperazine rings is 1. The van der Waals surface area contributed by atoms with Gasteiger partial charge in [0.15, 0.2) is 0 Å². The largest absolute Gasteiger partial charge is 0.480 e. The number of carboxylic acids is 1. The molecule has 1 fully saturated rings. The SMILES string of the molecule is CN(C)CC(=O)N1CCN(C(=O)CN(CC(=O)O)c2ccccc2)CC1. The Bertz CT molecular complexity index is 627. The molecule has 2 rings (SSSR count). The predicted molar refractivity (Wildman–Crippen MR) is 98.0 cm³/mol. The first-order chi connectivity index (χ1) is 12.4. The first-order valence-electron chi connectivity index (χ1n) is 8.59. The number of likely N-dealkylation sites (N-methyl/N-ethyl adjacent to an activating group) is 1. The zero-order chi connectivity index (χ0) is 19.1. The summed E-state index contributed by atoms with van der Waals surface area (Å²) >= 11 is 0. The van der Waals surface area contributed by atoms with Gasteiger partial charge in [0.2, 0.25) is 11.8 Å². The fourth-order valence-corrected chi connectivity index (χ4v) is 2.88. The summed E-state index contributed by atoms with van der Waals surface area (Å²) in [5.74, 6) is -1.06. The molecule has 0 unspecified atom stereocenters. The van der Waals surface area contributed by atoms with E-state index in [-0.39, 0.29) is 24.9 Å². The first-order valence-corrected chi connectivity index (χ1v) is 8.59. The van der Waals surface area contributed by atoms with Crippen LogP contribution in [0.1, 0.15) is 0 Å². The van der Waals surface area contributed by atoms with E-state index in [1.807, 2.05) is 37.2 Å². The Morgan fingerprint density at radius 1 is 0.885 bits per heavy atom. The minimum absolute atomic E-state index is 0.00194. The minimum atomic E-state index is -0.985. The van der Waals surface area contributed by atoms with Crippen molar-refractivity contribution in [1.29, 1.82) is 0 Å². The Kier molecular flexibility index (Phi) is 6.97. The summed E-state index contributed by atoms with van der Waals surface area (Å²) in [5, 5.41) is 9.12. The molecule has 1 aliphatic heterocycles. The van der Waals surface area contributed by atoms with Crippen LogP contribution < -0.4 is 4.90 Å². The molecule has 1 saturated heterocycles. The second-order valence-corrected chi connectivity index (χ2v) is 6.58. The Hall–Kier alpha value is -2.61. The van der Waals surface area contributed by atoms with Crippen molar-refractivity contribution in [1.82, 2.24) is 14.7 Å². The van der Waals surface area contributed by atoms with Gasteiger partial charge in [0.05, 0.1) is 13.1 Å². The van der Waals surface area contributed by atoms with Gasteiger partial charge >= 0.3 is 5.97 Å². The van der Waals surface area contributed by atoms with Crippen LogP contribution in [0.4, 0.5) is 5.69 Å². The highest BCUT2D eigenvalue weighted by Crippen LogP contribution is 2.14. The second-order valence-electron chi connectivity index (χ2n) is 6.58. The summed E-state index contributed by atoms with van der Waals surface area (Å²) in [6.45, 7) is 2.06. The number of carbonyl (C=O) groups is 3. The molecular weight excluding hydrogens is 336 g/mol. The molecule has 142 valence electrons. The van der Waals surface area contributed by atoms with Crippen LogP contribution in [0.2, 0.25) is 0 Å². The van der Waals surface area contributed by atoms with E-state index in [0.29, 0.717) is 38.4 Å². The molecule has 0 bridgehead atoms. The van der Waals surface area contributed by atoms with Gasteiger partial charge in [-0.3, -0.25) is 14.4 Å². The number of hydrogen-bond donors (Lipinski definition) is 1. The van der Waals surface area contributed by atoms with Crippen molar-refractivity contribution in [3.05, 3.63) is 30.3 Å². The van der Waals surface area contributed by atoms with Gasteiger partial charge in [-0.1, -0.05) is 18.2 Å². The molecule has 1 heterocycles. The topological polar surface area (TPSA) is 84.4 Å². The number of carbonyl (C=O) groups excluding carboxylic acids is 2. The Morgan fingerprint density at radius 3 is 1.85 bits per heavy atom. The van der Waals surface area contributed by atoms with E-state index in [1.54, 1.807) is 26.8 Å². The maximum absolute atomic E-state index is 12.6. The number of rotatable bonds is 7. The maximum atomic E-state index is 12.6. The Labute approximate surface area is 153 Å². The van der Waals surface area contributed by atoms with Crippen LogP contribution in [0.15, 0.2) is 30.3 Å². The molecule has 0 spiro atoms. The normalized spacial score (nSPS) is 14.4. The van der Waals surface area contributed by atoms with Crippen LogP contribution in [-0.4, -0.2) is 97.5 Å². The second kappa shape index (κ2) is 9.19. The summed E-state index contributed by atoms with van der Waals surface area (Å²) in [6, 6.07) is 9.03. The highest BCUT2D eigenvalue weighted by Gasteiger charge is 2.25. The van der Waals surface area contributed by atoms with Crippen molar-refractivity contribution in [2.45, 2.75) is 0 Å². The first kappa shape index (κ1) is 19.7. The van der Waals surface area contributed by atoms with Crippen molar-refractivity contribution in [2.24, 2.45) is 0 Å². The predicted octanol–water partition coefficient (Wildman–Crippen LogP) is -0.190. The third-order valence-electron chi connectivity index (χ3n) is 4.21. The molecule has 1 N–H and O–H groups in total. The van der Waals surface area contributed by atoms with Gasteiger partial charge in [0, 0.05) is 31.9 Å². The molecule has 8 nitrogen and oxygen atoms in total. The molecule has 8 heteroatoms. The molecule has 0 aromatic heterocycles. The molecule has 0 radical (unpaired) electrons. The minimum Gasteiger partial charge on any atom is -0.480 e. The van der Waals surface area contributed by atoms with Crippen LogP contribution in [0, 0.1) is 0 Å². The van der Waals surface area contributed by atoms with Gasteiger partial charge in [0.1, 0.15) is 6.54 Å². The van der Waals surface area contributed by atoms with Gasteiger partial charge in [-0.2, -0.15) is 0 Å². The number of benzene rings is 1. The lowest BCUT2D eigenvalue weighted by Gasteiger charge is -2.36. The lowest BCUT2D eigenvalue weighted by Crippen LogP contribution is -2.54. The van der Waals surface area contributed by atoms with Gasteiger partial charge in [0.25, 0.3) is 0 Å². The van der Waals surface area contributed by atoms with Crippen LogP contribution in [0.5, 0.6) is 0 Å². The highest BCUT2D eigenvalue weighted by molar-refractivity contribution is 5.84. The fourth-order valence-electron chi connectivity index (χ4n) is 2.88. The number of hydrogen-bond acceptors (Lipinski definition) is 5. The smallest absolute Gasteiger partial charge is 0.323 e. The summed E-state index contributed by atoms with van der Waals surface area (Å²) in [7, 11) is 3.69. The number of para-hydroxylation sites is 1. The lowest BCUT2D eigenvalue weighted by atomic mass is 10.2. The van der Waals surface area contributed by atoms with Gasteiger partial charge < -0.3 is 24.7 Å². The Morgan fingerprint density at radius 2 is 1.38 bits per heavy atom. The molecule has 26 heavy (non-hydrogen) atoms. The summed E-state index contributed by atoms with van der Waals surface area (Å²) in [5.41, 5.74) is 0.697. The molecule has 0 saturated carbocycles.